The number of hydrogen-bond acceptors (Lipinski definition) is 3. The highest BCUT2D eigenvalue weighted by atomic mass is 16.5. The van der Waals surface area contributed by atoms with E-state index in [-0.39, 0.29) is 18.6 Å². The van der Waals surface area contributed by atoms with Crippen LogP contribution in [0.25, 0.3) is 0 Å². The van der Waals surface area contributed by atoms with Crippen LogP contribution < -0.4 is 0 Å². The molecule has 0 aliphatic carbocycles. The highest BCUT2D eigenvalue weighted by Gasteiger charge is 2.16. The van der Waals surface area contributed by atoms with Crippen LogP contribution in [0.4, 0.5) is 0 Å². The summed E-state index contributed by atoms with van der Waals surface area (Å²) in [5.41, 5.74) is 1.09. The minimum atomic E-state index is -0.986. The van der Waals surface area contributed by atoms with Gasteiger partial charge in [-0.15, -0.1) is 0 Å². The number of ether oxygens (including phenoxy) is 1. The van der Waals surface area contributed by atoms with Crippen molar-refractivity contribution in [2.45, 2.75) is 39.2 Å². The molecule has 0 atom stereocenters. The lowest BCUT2D eigenvalue weighted by Gasteiger charge is -2.21. The Hall–Kier alpha value is -1.88. The molecule has 1 aromatic rings. The largest absolute Gasteiger partial charge is 0.480 e. The average molecular weight is 307 g/mol. The molecule has 122 valence electrons. The van der Waals surface area contributed by atoms with Crippen LogP contribution in [0.3, 0.4) is 0 Å². The second-order valence-electron chi connectivity index (χ2n) is 5.47. The van der Waals surface area contributed by atoms with Gasteiger partial charge in [0, 0.05) is 19.6 Å². The van der Waals surface area contributed by atoms with Gasteiger partial charge in [-0.3, -0.25) is 9.59 Å². The smallest absolute Gasteiger partial charge is 0.323 e. The van der Waals surface area contributed by atoms with Crippen LogP contribution in [0.5, 0.6) is 0 Å². The summed E-state index contributed by atoms with van der Waals surface area (Å²) in [6, 6.07) is 9.74. The first-order valence-corrected chi connectivity index (χ1v) is 7.64. The van der Waals surface area contributed by atoms with Gasteiger partial charge in [0.1, 0.15) is 6.54 Å². The number of carbonyl (C=O) groups is 2. The van der Waals surface area contributed by atoms with Gasteiger partial charge in [0.05, 0.1) is 6.10 Å². The molecule has 0 radical (unpaired) electrons. The van der Waals surface area contributed by atoms with E-state index in [2.05, 4.69) is 0 Å². The van der Waals surface area contributed by atoms with Gasteiger partial charge in [-0.05, 0) is 32.3 Å². The molecule has 5 heteroatoms. The fourth-order valence-electron chi connectivity index (χ4n) is 2.06. The summed E-state index contributed by atoms with van der Waals surface area (Å²) in [5, 5.41) is 8.96. The fourth-order valence-corrected chi connectivity index (χ4v) is 2.06. The number of carboxylic acid groups (broad SMARTS) is 1. The van der Waals surface area contributed by atoms with Crippen LogP contribution in [0.1, 0.15) is 32.3 Å². The molecular weight excluding hydrogens is 282 g/mol. The molecular formula is C17H25NO4. The maximum Gasteiger partial charge on any atom is 0.323 e. The highest BCUT2D eigenvalue weighted by Crippen LogP contribution is 2.05. The van der Waals surface area contributed by atoms with E-state index in [9.17, 15) is 9.59 Å². The molecule has 22 heavy (non-hydrogen) atoms. The van der Waals surface area contributed by atoms with Crippen molar-refractivity contribution in [3.8, 4) is 0 Å². The molecule has 0 bridgehead atoms. The van der Waals surface area contributed by atoms with Crippen LogP contribution >= 0.6 is 0 Å². The summed E-state index contributed by atoms with van der Waals surface area (Å²) in [6.45, 7) is 4.57. The van der Waals surface area contributed by atoms with Crippen LogP contribution in [-0.2, 0) is 20.7 Å². The number of nitrogens with zero attached hydrogens (tertiary/aromatic N) is 1. The lowest BCUT2D eigenvalue weighted by molar-refractivity contribution is -0.144. The van der Waals surface area contributed by atoms with Crippen molar-refractivity contribution in [3.05, 3.63) is 35.9 Å². The number of aliphatic carboxylic acids is 1. The number of carboxylic acids is 1. The summed E-state index contributed by atoms with van der Waals surface area (Å²) in [4.78, 5) is 24.5. The monoisotopic (exact) mass is 307 g/mol. The molecule has 0 aliphatic heterocycles. The summed E-state index contributed by atoms with van der Waals surface area (Å²) in [6.07, 6.45) is 1.72. The molecule has 0 saturated carbocycles. The molecule has 0 aliphatic rings. The highest BCUT2D eigenvalue weighted by molar-refractivity contribution is 5.81. The Morgan fingerprint density at radius 1 is 1.23 bits per heavy atom. The molecule has 0 heterocycles. The first-order valence-electron chi connectivity index (χ1n) is 7.64. The van der Waals surface area contributed by atoms with Gasteiger partial charge >= 0.3 is 5.97 Å². The second-order valence-corrected chi connectivity index (χ2v) is 5.47. The number of hydrogen-bond donors (Lipinski definition) is 1. The van der Waals surface area contributed by atoms with E-state index in [1.807, 2.05) is 44.2 Å². The fraction of sp³-hybridized carbons (Fsp3) is 0.529. The van der Waals surface area contributed by atoms with Crippen LogP contribution in [-0.4, -0.2) is 47.7 Å². The van der Waals surface area contributed by atoms with Gasteiger partial charge < -0.3 is 14.7 Å². The molecule has 0 fully saturated rings. The van der Waals surface area contributed by atoms with E-state index in [4.69, 9.17) is 9.84 Å². The van der Waals surface area contributed by atoms with Gasteiger partial charge in [-0.1, -0.05) is 30.3 Å². The Labute approximate surface area is 131 Å². The summed E-state index contributed by atoms with van der Waals surface area (Å²) in [7, 11) is 0. The SMILES string of the molecule is CC(C)OCCCC(=O)N(CCc1ccccc1)CC(=O)O. The van der Waals surface area contributed by atoms with Gasteiger partial charge in [0.2, 0.25) is 5.91 Å². The maximum absolute atomic E-state index is 12.2. The number of benzene rings is 1. The minimum Gasteiger partial charge on any atom is -0.480 e. The van der Waals surface area contributed by atoms with Gasteiger partial charge in [0.15, 0.2) is 0 Å². The van der Waals surface area contributed by atoms with Gasteiger partial charge in [-0.25, -0.2) is 0 Å². The Morgan fingerprint density at radius 3 is 2.50 bits per heavy atom. The average Bonchev–Trinajstić information content (AvgIpc) is 2.48. The molecule has 1 N–H and O–H groups in total. The quantitative estimate of drug-likeness (QED) is 0.674. The van der Waals surface area contributed by atoms with Crippen LogP contribution in [0.15, 0.2) is 30.3 Å². The third-order valence-electron chi connectivity index (χ3n) is 3.18. The standard InChI is InChI=1S/C17H25NO4/c1-14(2)22-12-6-9-16(19)18(13-17(20)21)11-10-15-7-4-3-5-8-15/h3-5,7-8,14H,6,9-13H2,1-2H3,(H,20,21). The Kier molecular flexibility index (Phi) is 8.22. The van der Waals surface area contributed by atoms with Crippen molar-refractivity contribution >= 4 is 11.9 Å². The van der Waals surface area contributed by atoms with E-state index in [1.54, 1.807) is 0 Å². The van der Waals surface area contributed by atoms with Gasteiger partial charge in [-0.2, -0.15) is 0 Å². The Bertz CT molecular complexity index is 459. The third kappa shape index (κ3) is 7.78. The predicted molar refractivity (Wildman–Crippen MR) is 84.7 cm³/mol. The predicted octanol–water partition coefficient (Wildman–Crippen LogP) is 2.35. The molecule has 1 aromatic carbocycles. The number of amides is 1. The van der Waals surface area contributed by atoms with E-state index >= 15 is 0 Å². The zero-order chi connectivity index (χ0) is 16.4. The Morgan fingerprint density at radius 2 is 1.91 bits per heavy atom. The lowest BCUT2D eigenvalue weighted by Crippen LogP contribution is -2.37. The molecule has 1 rings (SSSR count). The molecule has 0 saturated heterocycles. The van der Waals surface area contributed by atoms with Crippen molar-refractivity contribution < 1.29 is 19.4 Å². The zero-order valence-corrected chi connectivity index (χ0v) is 13.3. The van der Waals surface area contributed by atoms with E-state index < -0.39 is 5.97 Å². The van der Waals surface area contributed by atoms with E-state index in [0.717, 1.165) is 5.56 Å². The summed E-state index contributed by atoms with van der Waals surface area (Å²) < 4.78 is 5.40. The van der Waals surface area contributed by atoms with E-state index in [0.29, 0.717) is 32.4 Å². The molecule has 0 aromatic heterocycles. The minimum absolute atomic E-state index is 0.134. The second kappa shape index (κ2) is 9.95. The van der Waals surface area contributed by atoms with Crippen LogP contribution in [0.2, 0.25) is 0 Å². The first kappa shape index (κ1) is 18.2. The maximum atomic E-state index is 12.2. The molecule has 0 unspecified atom stereocenters. The molecule has 5 nitrogen and oxygen atoms in total. The summed E-state index contributed by atoms with van der Waals surface area (Å²) in [5.74, 6) is -1.12. The van der Waals surface area contributed by atoms with Crippen LogP contribution in [0, 0.1) is 0 Å². The van der Waals surface area contributed by atoms with Crippen molar-refractivity contribution in [2.24, 2.45) is 0 Å². The first-order chi connectivity index (χ1) is 10.5. The zero-order valence-electron chi connectivity index (χ0n) is 13.3. The Balaban J connectivity index is 2.45. The van der Waals surface area contributed by atoms with Gasteiger partial charge in [0.25, 0.3) is 0 Å². The lowest BCUT2D eigenvalue weighted by atomic mass is 10.1. The van der Waals surface area contributed by atoms with Crippen molar-refractivity contribution in [1.82, 2.24) is 4.90 Å². The number of rotatable bonds is 10. The molecule has 0 spiro atoms. The number of carbonyl (C=O) groups excluding carboxylic acids is 1. The van der Waals surface area contributed by atoms with Crippen molar-refractivity contribution in [2.75, 3.05) is 19.7 Å². The van der Waals surface area contributed by atoms with Crippen molar-refractivity contribution in [3.63, 3.8) is 0 Å². The third-order valence-corrected chi connectivity index (χ3v) is 3.18. The van der Waals surface area contributed by atoms with E-state index in [1.165, 1.54) is 4.90 Å². The molecule has 1 amide bonds. The summed E-state index contributed by atoms with van der Waals surface area (Å²) >= 11 is 0. The van der Waals surface area contributed by atoms with Crippen molar-refractivity contribution in [1.29, 1.82) is 0 Å². The normalized spacial score (nSPS) is 10.7. The topological polar surface area (TPSA) is 66.8 Å².